The van der Waals surface area contributed by atoms with Crippen molar-refractivity contribution >= 4 is 29.0 Å². The molecule has 2 heterocycles. The predicted octanol–water partition coefficient (Wildman–Crippen LogP) is 2.64. The normalized spacial score (nSPS) is 14.7. The van der Waals surface area contributed by atoms with Gasteiger partial charge in [-0.1, -0.05) is 34.7 Å². The number of hydrogen-bond acceptors (Lipinski definition) is 8. The lowest BCUT2D eigenvalue weighted by Gasteiger charge is -2.20. The van der Waals surface area contributed by atoms with Crippen LogP contribution in [0.15, 0.2) is 8.86 Å². The number of hydrogen-bond donors (Lipinski definition) is 0. The fourth-order valence-electron chi connectivity index (χ4n) is 2.25. The van der Waals surface area contributed by atoms with Crippen LogP contribution in [0.2, 0.25) is 0 Å². The molecular weight excluding hydrogens is 334 g/mol. The minimum absolute atomic E-state index is 0.0420. The Morgan fingerprint density at radius 2 is 2.26 bits per heavy atom. The first-order chi connectivity index (χ1) is 11.2. The third-order valence-electron chi connectivity index (χ3n) is 3.83. The minimum Gasteiger partial charge on any atom is -0.339 e. The van der Waals surface area contributed by atoms with Crippen LogP contribution in [0.5, 0.6) is 0 Å². The van der Waals surface area contributed by atoms with E-state index in [4.69, 9.17) is 4.52 Å². The van der Waals surface area contributed by atoms with Crippen molar-refractivity contribution < 1.29 is 9.32 Å². The number of rotatable bonds is 7. The molecule has 0 aromatic carbocycles. The van der Waals surface area contributed by atoms with Gasteiger partial charge in [0.15, 0.2) is 10.2 Å². The van der Waals surface area contributed by atoms with E-state index in [0.29, 0.717) is 36.5 Å². The second-order valence-electron chi connectivity index (χ2n) is 5.46. The summed E-state index contributed by atoms with van der Waals surface area (Å²) >= 11 is 2.91. The van der Waals surface area contributed by atoms with Crippen LogP contribution < -0.4 is 0 Å². The molecule has 0 aliphatic heterocycles. The molecule has 7 nitrogen and oxygen atoms in total. The Morgan fingerprint density at radius 1 is 1.43 bits per heavy atom. The van der Waals surface area contributed by atoms with Gasteiger partial charge >= 0.3 is 0 Å². The lowest BCUT2D eigenvalue weighted by Crippen LogP contribution is -2.32. The largest absolute Gasteiger partial charge is 0.339 e. The van der Waals surface area contributed by atoms with Gasteiger partial charge in [0, 0.05) is 12.5 Å². The monoisotopic (exact) mass is 353 g/mol. The number of amides is 1. The zero-order valence-corrected chi connectivity index (χ0v) is 14.8. The van der Waals surface area contributed by atoms with Crippen LogP contribution in [-0.2, 0) is 11.3 Å². The number of thioether (sulfide) groups is 1. The average molecular weight is 353 g/mol. The molecular formula is C14H19N5O2S2. The molecule has 124 valence electrons. The first kappa shape index (κ1) is 16.4. The molecule has 23 heavy (non-hydrogen) atoms. The van der Waals surface area contributed by atoms with Crippen molar-refractivity contribution in [1.29, 1.82) is 0 Å². The smallest absolute Gasteiger partial charge is 0.233 e. The number of aromatic nitrogens is 4. The standard InChI is InChI=1S/C14H19N5O2S2/c1-3-19(12(20)8-22-14-17-16-9(2)23-14)7-11-15-13(21-18-11)10-5-4-6-10/h10H,3-8H2,1-2H3. The second-order valence-corrected chi connectivity index (χ2v) is 7.86. The summed E-state index contributed by atoms with van der Waals surface area (Å²) in [7, 11) is 0. The maximum atomic E-state index is 12.3. The zero-order chi connectivity index (χ0) is 16.2. The zero-order valence-electron chi connectivity index (χ0n) is 13.2. The van der Waals surface area contributed by atoms with Gasteiger partial charge in [-0.25, -0.2) is 0 Å². The fourth-order valence-corrected chi connectivity index (χ4v) is 3.97. The molecule has 2 aromatic heterocycles. The molecule has 2 aromatic rings. The molecule has 1 saturated carbocycles. The van der Waals surface area contributed by atoms with E-state index in [0.717, 1.165) is 22.2 Å². The summed E-state index contributed by atoms with van der Waals surface area (Å²) in [5.74, 6) is 2.10. The Hall–Kier alpha value is -1.48. The van der Waals surface area contributed by atoms with Gasteiger partial charge in [0.1, 0.15) is 5.01 Å². The number of carbonyl (C=O) groups is 1. The highest BCUT2D eigenvalue weighted by atomic mass is 32.2. The molecule has 9 heteroatoms. The lowest BCUT2D eigenvalue weighted by molar-refractivity contribution is -0.128. The van der Waals surface area contributed by atoms with Crippen molar-refractivity contribution in [3.8, 4) is 0 Å². The van der Waals surface area contributed by atoms with E-state index >= 15 is 0 Å². The van der Waals surface area contributed by atoms with E-state index in [9.17, 15) is 4.79 Å². The van der Waals surface area contributed by atoms with Crippen molar-refractivity contribution in [3.05, 3.63) is 16.7 Å². The van der Waals surface area contributed by atoms with Crippen LogP contribution in [0.3, 0.4) is 0 Å². The topological polar surface area (TPSA) is 85.0 Å². The van der Waals surface area contributed by atoms with Crippen molar-refractivity contribution in [2.45, 2.75) is 49.9 Å². The maximum absolute atomic E-state index is 12.3. The van der Waals surface area contributed by atoms with Crippen LogP contribution >= 0.6 is 23.1 Å². The van der Waals surface area contributed by atoms with Crippen molar-refractivity contribution in [2.75, 3.05) is 12.3 Å². The van der Waals surface area contributed by atoms with Gasteiger partial charge < -0.3 is 9.42 Å². The molecule has 0 bridgehead atoms. The van der Waals surface area contributed by atoms with Crippen LogP contribution in [0.25, 0.3) is 0 Å². The molecule has 1 amide bonds. The van der Waals surface area contributed by atoms with E-state index in [1.165, 1.54) is 29.5 Å². The van der Waals surface area contributed by atoms with Crippen LogP contribution in [0.4, 0.5) is 0 Å². The molecule has 0 saturated heterocycles. The molecule has 0 spiro atoms. The number of carbonyl (C=O) groups excluding carboxylic acids is 1. The van der Waals surface area contributed by atoms with Gasteiger partial charge in [0.25, 0.3) is 0 Å². The predicted molar refractivity (Wildman–Crippen MR) is 87.4 cm³/mol. The Bertz CT molecular complexity index is 668. The van der Waals surface area contributed by atoms with Gasteiger partial charge in [-0.15, -0.1) is 10.2 Å². The van der Waals surface area contributed by atoms with Crippen molar-refractivity contribution in [1.82, 2.24) is 25.2 Å². The van der Waals surface area contributed by atoms with Gasteiger partial charge in [0.2, 0.25) is 11.8 Å². The van der Waals surface area contributed by atoms with E-state index in [-0.39, 0.29) is 5.91 Å². The van der Waals surface area contributed by atoms with Gasteiger partial charge in [-0.2, -0.15) is 4.98 Å². The molecule has 0 radical (unpaired) electrons. The summed E-state index contributed by atoms with van der Waals surface area (Å²) in [6, 6.07) is 0. The summed E-state index contributed by atoms with van der Waals surface area (Å²) in [5.41, 5.74) is 0. The van der Waals surface area contributed by atoms with Crippen molar-refractivity contribution in [3.63, 3.8) is 0 Å². The highest BCUT2D eigenvalue weighted by Crippen LogP contribution is 2.35. The molecule has 0 atom stereocenters. The summed E-state index contributed by atoms with van der Waals surface area (Å²) in [6.45, 7) is 4.85. The SMILES string of the molecule is CCN(Cc1noc(C2CCC2)n1)C(=O)CSc1nnc(C)s1. The summed E-state index contributed by atoms with van der Waals surface area (Å²) in [6.07, 6.45) is 3.47. The summed E-state index contributed by atoms with van der Waals surface area (Å²) < 4.78 is 6.12. The fraction of sp³-hybridized carbons (Fsp3) is 0.643. The molecule has 1 fully saturated rings. The first-order valence-electron chi connectivity index (χ1n) is 7.69. The summed E-state index contributed by atoms with van der Waals surface area (Å²) in [5, 5.41) is 12.9. The first-order valence-corrected chi connectivity index (χ1v) is 9.49. The Kier molecular flexibility index (Phi) is 5.27. The molecule has 3 rings (SSSR count). The lowest BCUT2D eigenvalue weighted by atomic mass is 9.85. The maximum Gasteiger partial charge on any atom is 0.233 e. The molecule has 0 unspecified atom stereocenters. The van der Waals surface area contributed by atoms with Gasteiger partial charge in [-0.3, -0.25) is 4.79 Å². The van der Waals surface area contributed by atoms with Crippen LogP contribution in [0, 0.1) is 6.92 Å². The van der Waals surface area contributed by atoms with E-state index < -0.39 is 0 Å². The van der Waals surface area contributed by atoms with E-state index in [1.54, 1.807) is 4.90 Å². The minimum atomic E-state index is 0.0420. The highest BCUT2D eigenvalue weighted by molar-refractivity contribution is 8.01. The second kappa shape index (κ2) is 7.39. The number of aryl methyl sites for hydroxylation is 1. The van der Waals surface area contributed by atoms with Crippen molar-refractivity contribution in [2.24, 2.45) is 0 Å². The van der Waals surface area contributed by atoms with Crippen LogP contribution in [-0.4, -0.2) is 43.4 Å². The molecule has 1 aliphatic carbocycles. The third-order valence-corrected chi connectivity index (χ3v) is 5.79. The molecule has 1 aliphatic rings. The van der Waals surface area contributed by atoms with Gasteiger partial charge in [-0.05, 0) is 26.7 Å². The van der Waals surface area contributed by atoms with Gasteiger partial charge in [0.05, 0.1) is 12.3 Å². The quantitative estimate of drug-likeness (QED) is 0.707. The highest BCUT2D eigenvalue weighted by Gasteiger charge is 2.26. The van der Waals surface area contributed by atoms with E-state index in [1.807, 2.05) is 13.8 Å². The number of nitrogens with zero attached hydrogens (tertiary/aromatic N) is 5. The van der Waals surface area contributed by atoms with Crippen LogP contribution in [0.1, 0.15) is 48.8 Å². The Balaban J connectivity index is 1.53. The molecule has 0 N–H and O–H groups in total. The average Bonchev–Trinajstić information content (AvgIpc) is 3.10. The third kappa shape index (κ3) is 4.08. The Morgan fingerprint density at radius 3 is 2.87 bits per heavy atom. The van der Waals surface area contributed by atoms with E-state index in [2.05, 4.69) is 20.3 Å². The summed E-state index contributed by atoms with van der Waals surface area (Å²) in [4.78, 5) is 18.5. The Labute approximate surface area is 142 Å².